The van der Waals surface area contributed by atoms with Gasteiger partial charge in [-0.2, -0.15) is 0 Å². The molecule has 1 unspecified atom stereocenters. The topological polar surface area (TPSA) is 69.3 Å². The highest BCUT2D eigenvalue weighted by Crippen LogP contribution is 2.22. The Kier molecular flexibility index (Phi) is 3.87. The summed E-state index contributed by atoms with van der Waals surface area (Å²) < 4.78 is 0. The van der Waals surface area contributed by atoms with Crippen molar-refractivity contribution < 1.29 is 9.59 Å². The fraction of sp³-hybridized carbons (Fsp3) is 0.615. The highest BCUT2D eigenvalue weighted by molar-refractivity contribution is 5.89. The number of aromatic nitrogens is 2. The van der Waals surface area contributed by atoms with E-state index in [1.165, 1.54) is 0 Å². The molecule has 1 aliphatic rings. The second-order valence-electron chi connectivity index (χ2n) is 5.27. The number of hydrogen-bond acceptors (Lipinski definition) is 3. The van der Waals surface area contributed by atoms with Crippen molar-refractivity contribution >= 4 is 11.8 Å². The third-order valence-corrected chi connectivity index (χ3v) is 3.45. The Labute approximate surface area is 112 Å². The van der Waals surface area contributed by atoms with E-state index in [1.54, 1.807) is 29.2 Å². The molecule has 2 amide bonds. The molecule has 1 aromatic rings. The highest BCUT2D eigenvalue weighted by Gasteiger charge is 2.36. The van der Waals surface area contributed by atoms with Gasteiger partial charge >= 0.3 is 0 Å². The van der Waals surface area contributed by atoms with Crippen LogP contribution in [0.3, 0.4) is 0 Å². The lowest BCUT2D eigenvalue weighted by atomic mass is 10.1. The molecule has 19 heavy (non-hydrogen) atoms. The molecular formula is C13H20N4O2. The van der Waals surface area contributed by atoms with E-state index in [-0.39, 0.29) is 23.8 Å². The summed E-state index contributed by atoms with van der Waals surface area (Å²) in [5, 5.41) is 0. The molecule has 0 aromatic carbocycles. The molecular weight excluding hydrogens is 244 g/mol. The van der Waals surface area contributed by atoms with E-state index in [0.717, 1.165) is 5.82 Å². The van der Waals surface area contributed by atoms with Crippen molar-refractivity contribution in [1.29, 1.82) is 0 Å². The number of likely N-dealkylation sites (tertiary alicyclic amines) is 1. The van der Waals surface area contributed by atoms with Gasteiger partial charge in [-0.3, -0.25) is 9.59 Å². The fourth-order valence-corrected chi connectivity index (χ4v) is 2.39. The van der Waals surface area contributed by atoms with E-state index in [0.29, 0.717) is 19.5 Å². The Bertz CT molecular complexity index is 455. The SMILES string of the molecule is CC(C)N1CC(C(=O)N(C)Cc2ncc[nH]2)CC1=O. The Morgan fingerprint density at radius 2 is 2.37 bits per heavy atom. The number of nitrogens with zero attached hydrogens (tertiary/aromatic N) is 3. The van der Waals surface area contributed by atoms with E-state index in [9.17, 15) is 9.59 Å². The average Bonchev–Trinajstić information content (AvgIpc) is 2.97. The number of H-pyrrole nitrogens is 1. The molecule has 2 rings (SSSR count). The fourth-order valence-electron chi connectivity index (χ4n) is 2.39. The van der Waals surface area contributed by atoms with E-state index in [2.05, 4.69) is 9.97 Å². The molecule has 0 spiro atoms. The molecule has 1 N–H and O–H groups in total. The van der Waals surface area contributed by atoms with Gasteiger partial charge in [0.2, 0.25) is 11.8 Å². The van der Waals surface area contributed by atoms with Crippen molar-refractivity contribution in [2.75, 3.05) is 13.6 Å². The first-order valence-corrected chi connectivity index (χ1v) is 6.51. The van der Waals surface area contributed by atoms with Gasteiger partial charge in [0.15, 0.2) is 0 Å². The van der Waals surface area contributed by atoms with Crippen LogP contribution in [0.5, 0.6) is 0 Å². The van der Waals surface area contributed by atoms with Gasteiger partial charge in [0.1, 0.15) is 5.82 Å². The maximum absolute atomic E-state index is 12.3. The number of nitrogens with one attached hydrogen (secondary N) is 1. The van der Waals surface area contributed by atoms with Gasteiger partial charge in [-0.25, -0.2) is 4.98 Å². The zero-order valence-electron chi connectivity index (χ0n) is 11.6. The van der Waals surface area contributed by atoms with E-state index >= 15 is 0 Å². The first kappa shape index (κ1) is 13.6. The lowest BCUT2D eigenvalue weighted by molar-refractivity contribution is -0.135. The van der Waals surface area contributed by atoms with Gasteiger partial charge in [-0.05, 0) is 13.8 Å². The minimum absolute atomic E-state index is 0.00731. The Morgan fingerprint density at radius 3 is 2.89 bits per heavy atom. The summed E-state index contributed by atoms with van der Waals surface area (Å²) in [7, 11) is 1.74. The van der Waals surface area contributed by atoms with Crippen molar-refractivity contribution in [2.24, 2.45) is 5.92 Å². The summed E-state index contributed by atoms with van der Waals surface area (Å²) in [4.78, 5) is 34.6. The van der Waals surface area contributed by atoms with Crippen LogP contribution in [0.4, 0.5) is 0 Å². The molecule has 2 heterocycles. The van der Waals surface area contributed by atoms with Gasteiger partial charge in [0.05, 0.1) is 12.5 Å². The molecule has 0 radical (unpaired) electrons. The second kappa shape index (κ2) is 5.42. The molecule has 0 aliphatic carbocycles. The standard InChI is InChI=1S/C13H20N4O2/c1-9(2)17-7-10(6-12(17)18)13(19)16(3)8-11-14-4-5-15-11/h4-5,9-10H,6-8H2,1-3H3,(H,14,15). The van der Waals surface area contributed by atoms with Crippen molar-refractivity contribution in [3.8, 4) is 0 Å². The van der Waals surface area contributed by atoms with Crippen LogP contribution in [0.15, 0.2) is 12.4 Å². The molecule has 104 valence electrons. The van der Waals surface area contributed by atoms with Crippen LogP contribution in [0.1, 0.15) is 26.1 Å². The minimum atomic E-state index is -0.227. The lowest BCUT2D eigenvalue weighted by Gasteiger charge is -2.22. The molecule has 0 saturated carbocycles. The van der Waals surface area contributed by atoms with Gasteiger partial charge in [-0.15, -0.1) is 0 Å². The van der Waals surface area contributed by atoms with Crippen LogP contribution in [-0.2, 0) is 16.1 Å². The van der Waals surface area contributed by atoms with E-state index in [4.69, 9.17) is 0 Å². The molecule has 6 heteroatoms. The monoisotopic (exact) mass is 264 g/mol. The lowest BCUT2D eigenvalue weighted by Crippen LogP contribution is -2.36. The van der Waals surface area contributed by atoms with E-state index in [1.807, 2.05) is 13.8 Å². The third kappa shape index (κ3) is 2.94. The Hall–Kier alpha value is -1.85. The number of amides is 2. The van der Waals surface area contributed by atoms with Crippen LogP contribution in [0.25, 0.3) is 0 Å². The zero-order chi connectivity index (χ0) is 14.0. The summed E-state index contributed by atoms with van der Waals surface area (Å²) in [6.07, 6.45) is 3.71. The first-order chi connectivity index (χ1) is 8.99. The molecule has 1 fully saturated rings. The van der Waals surface area contributed by atoms with Crippen LogP contribution >= 0.6 is 0 Å². The number of hydrogen-bond donors (Lipinski definition) is 1. The van der Waals surface area contributed by atoms with Gasteiger partial charge < -0.3 is 14.8 Å². The number of carbonyl (C=O) groups excluding carboxylic acids is 2. The zero-order valence-corrected chi connectivity index (χ0v) is 11.6. The molecule has 0 bridgehead atoms. The number of aromatic amines is 1. The molecule has 1 aliphatic heterocycles. The predicted molar refractivity (Wildman–Crippen MR) is 70.0 cm³/mol. The van der Waals surface area contributed by atoms with Crippen LogP contribution in [0.2, 0.25) is 0 Å². The van der Waals surface area contributed by atoms with Crippen LogP contribution in [-0.4, -0.2) is 51.2 Å². The van der Waals surface area contributed by atoms with Crippen molar-refractivity contribution in [3.05, 3.63) is 18.2 Å². The molecule has 1 saturated heterocycles. The molecule has 1 aromatic heterocycles. The minimum Gasteiger partial charge on any atom is -0.347 e. The van der Waals surface area contributed by atoms with Crippen LogP contribution in [0, 0.1) is 5.92 Å². The summed E-state index contributed by atoms with van der Waals surface area (Å²) in [6.45, 7) is 4.91. The summed E-state index contributed by atoms with van der Waals surface area (Å²) >= 11 is 0. The maximum Gasteiger partial charge on any atom is 0.228 e. The summed E-state index contributed by atoms with van der Waals surface area (Å²) in [6, 6.07) is 0.153. The van der Waals surface area contributed by atoms with Gasteiger partial charge in [0, 0.05) is 38.4 Å². The van der Waals surface area contributed by atoms with Crippen molar-refractivity contribution in [1.82, 2.24) is 19.8 Å². The normalized spacial score (nSPS) is 19.3. The summed E-state index contributed by atoms with van der Waals surface area (Å²) in [5.41, 5.74) is 0. The molecule has 6 nitrogen and oxygen atoms in total. The molecule has 1 atom stereocenters. The Balaban J connectivity index is 1.95. The average molecular weight is 264 g/mol. The van der Waals surface area contributed by atoms with Gasteiger partial charge in [-0.1, -0.05) is 0 Å². The number of rotatable bonds is 4. The van der Waals surface area contributed by atoms with Crippen molar-refractivity contribution in [3.63, 3.8) is 0 Å². The quantitative estimate of drug-likeness (QED) is 0.867. The smallest absolute Gasteiger partial charge is 0.228 e. The van der Waals surface area contributed by atoms with Crippen molar-refractivity contribution in [2.45, 2.75) is 32.9 Å². The largest absolute Gasteiger partial charge is 0.347 e. The third-order valence-electron chi connectivity index (χ3n) is 3.45. The highest BCUT2D eigenvalue weighted by atomic mass is 16.2. The van der Waals surface area contributed by atoms with Crippen LogP contribution < -0.4 is 0 Å². The Morgan fingerprint density at radius 1 is 1.63 bits per heavy atom. The van der Waals surface area contributed by atoms with Gasteiger partial charge in [0.25, 0.3) is 0 Å². The predicted octanol–water partition coefficient (Wildman–Crippen LogP) is 0.625. The number of carbonyl (C=O) groups is 2. The van der Waals surface area contributed by atoms with E-state index < -0.39 is 0 Å². The number of imidazole rings is 1. The maximum atomic E-state index is 12.3. The summed E-state index contributed by atoms with van der Waals surface area (Å²) in [5.74, 6) is 0.600. The first-order valence-electron chi connectivity index (χ1n) is 6.51. The second-order valence-corrected chi connectivity index (χ2v) is 5.27.